The summed E-state index contributed by atoms with van der Waals surface area (Å²) in [7, 11) is 0. The van der Waals surface area contributed by atoms with Crippen LogP contribution in [0.2, 0.25) is 0 Å². The number of nitro groups is 1. The molecule has 0 aliphatic carbocycles. The standard InChI is InChI=1S/C6H10N2O3/c9-6-2-1-3-7(6)4-5-8(10)11/h1-5H2. The third-order valence-electron chi connectivity index (χ3n) is 1.72. The van der Waals surface area contributed by atoms with Gasteiger partial charge in [0.2, 0.25) is 12.5 Å². The van der Waals surface area contributed by atoms with Crippen LogP contribution in [0, 0.1) is 10.1 Å². The van der Waals surface area contributed by atoms with Gasteiger partial charge in [-0.1, -0.05) is 0 Å². The lowest BCUT2D eigenvalue weighted by Crippen LogP contribution is -2.29. The molecule has 0 N–H and O–H groups in total. The van der Waals surface area contributed by atoms with E-state index in [9.17, 15) is 14.9 Å². The Kier molecular flexibility index (Phi) is 2.40. The Labute approximate surface area is 64.1 Å². The molecule has 0 spiro atoms. The highest BCUT2D eigenvalue weighted by Crippen LogP contribution is 2.07. The maximum absolute atomic E-state index is 10.9. The average Bonchev–Trinajstić information content (AvgIpc) is 2.31. The van der Waals surface area contributed by atoms with E-state index in [0.717, 1.165) is 6.42 Å². The molecule has 1 aliphatic rings. The number of carbonyl (C=O) groups excluding carboxylic acids is 1. The first-order valence-electron chi connectivity index (χ1n) is 3.60. The van der Waals surface area contributed by atoms with E-state index >= 15 is 0 Å². The lowest BCUT2D eigenvalue weighted by atomic mass is 10.4. The van der Waals surface area contributed by atoms with Gasteiger partial charge in [0, 0.05) is 17.9 Å². The molecule has 1 saturated heterocycles. The van der Waals surface area contributed by atoms with Gasteiger partial charge >= 0.3 is 0 Å². The molecule has 0 saturated carbocycles. The van der Waals surface area contributed by atoms with Gasteiger partial charge in [-0.25, -0.2) is 0 Å². The molecule has 11 heavy (non-hydrogen) atoms. The van der Waals surface area contributed by atoms with E-state index < -0.39 is 4.92 Å². The summed E-state index contributed by atoms with van der Waals surface area (Å²) in [6.45, 7) is 0.824. The number of carbonyl (C=O) groups is 1. The second kappa shape index (κ2) is 3.32. The zero-order valence-corrected chi connectivity index (χ0v) is 6.15. The number of rotatable bonds is 3. The van der Waals surface area contributed by atoms with Gasteiger partial charge in [-0.3, -0.25) is 14.9 Å². The van der Waals surface area contributed by atoms with Crippen molar-refractivity contribution in [3.63, 3.8) is 0 Å². The van der Waals surface area contributed by atoms with Crippen molar-refractivity contribution in [2.75, 3.05) is 19.6 Å². The Morgan fingerprint density at radius 2 is 2.36 bits per heavy atom. The summed E-state index contributed by atoms with van der Waals surface area (Å²) in [6.07, 6.45) is 1.40. The summed E-state index contributed by atoms with van der Waals surface area (Å²) in [5, 5.41) is 9.93. The first-order valence-corrected chi connectivity index (χ1v) is 3.60. The minimum atomic E-state index is -0.397. The van der Waals surface area contributed by atoms with Crippen molar-refractivity contribution >= 4 is 5.91 Å². The zero-order valence-electron chi connectivity index (χ0n) is 6.15. The Hall–Kier alpha value is -1.13. The molecular weight excluding hydrogens is 148 g/mol. The normalized spacial score (nSPS) is 17.5. The Morgan fingerprint density at radius 3 is 2.82 bits per heavy atom. The topological polar surface area (TPSA) is 63.5 Å². The lowest BCUT2D eigenvalue weighted by Gasteiger charge is -2.11. The van der Waals surface area contributed by atoms with Crippen LogP contribution in [0.4, 0.5) is 0 Å². The van der Waals surface area contributed by atoms with Crippen molar-refractivity contribution in [1.82, 2.24) is 4.90 Å². The van der Waals surface area contributed by atoms with Crippen molar-refractivity contribution in [1.29, 1.82) is 0 Å². The molecule has 5 nitrogen and oxygen atoms in total. The first-order chi connectivity index (χ1) is 5.20. The van der Waals surface area contributed by atoms with E-state index in [1.165, 1.54) is 0 Å². The van der Waals surface area contributed by atoms with Crippen LogP contribution in [0.3, 0.4) is 0 Å². The fourth-order valence-corrected chi connectivity index (χ4v) is 1.14. The molecule has 0 atom stereocenters. The molecule has 1 fully saturated rings. The van der Waals surface area contributed by atoms with Crippen molar-refractivity contribution in [2.24, 2.45) is 0 Å². The Balaban J connectivity index is 2.26. The maximum Gasteiger partial charge on any atom is 0.222 e. The molecule has 0 aromatic rings. The summed E-state index contributed by atoms with van der Waals surface area (Å²) in [5.41, 5.74) is 0. The highest BCUT2D eigenvalue weighted by molar-refractivity contribution is 5.77. The summed E-state index contributed by atoms with van der Waals surface area (Å²) >= 11 is 0. The molecule has 0 bridgehead atoms. The van der Waals surface area contributed by atoms with Gasteiger partial charge in [-0.05, 0) is 6.42 Å². The van der Waals surface area contributed by atoms with Crippen LogP contribution >= 0.6 is 0 Å². The Morgan fingerprint density at radius 1 is 1.64 bits per heavy atom. The predicted molar refractivity (Wildman–Crippen MR) is 37.7 cm³/mol. The maximum atomic E-state index is 10.9. The highest BCUT2D eigenvalue weighted by Gasteiger charge is 2.20. The molecule has 1 amide bonds. The van der Waals surface area contributed by atoms with E-state index in [1.807, 2.05) is 0 Å². The summed E-state index contributed by atoms with van der Waals surface area (Å²) < 4.78 is 0. The average molecular weight is 158 g/mol. The molecule has 1 rings (SSSR count). The SMILES string of the molecule is O=C1CCCN1CC[N+](=O)[O-]. The van der Waals surface area contributed by atoms with Crippen LogP contribution < -0.4 is 0 Å². The Bertz CT molecular complexity index is 181. The molecule has 62 valence electrons. The number of nitrogens with zero attached hydrogens (tertiary/aromatic N) is 2. The minimum Gasteiger partial charge on any atom is -0.336 e. The second-order valence-corrected chi connectivity index (χ2v) is 2.54. The molecule has 0 aromatic carbocycles. The first kappa shape index (κ1) is 7.97. The van der Waals surface area contributed by atoms with Crippen molar-refractivity contribution in [3.05, 3.63) is 10.1 Å². The van der Waals surface area contributed by atoms with E-state index in [1.54, 1.807) is 4.90 Å². The van der Waals surface area contributed by atoms with Gasteiger partial charge in [-0.2, -0.15) is 0 Å². The van der Waals surface area contributed by atoms with Gasteiger partial charge in [0.1, 0.15) is 0 Å². The van der Waals surface area contributed by atoms with Gasteiger partial charge in [-0.15, -0.1) is 0 Å². The van der Waals surface area contributed by atoms with Gasteiger partial charge in [0.05, 0.1) is 6.54 Å². The largest absolute Gasteiger partial charge is 0.336 e. The van der Waals surface area contributed by atoms with Crippen LogP contribution in [0.25, 0.3) is 0 Å². The molecule has 0 unspecified atom stereocenters. The van der Waals surface area contributed by atoms with Crippen LogP contribution in [0.1, 0.15) is 12.8 Å². The molecule has 1 heterocycles. The van der Waals surface area contributed by atoms with Crippen LogP contribution in [0.15, 0.2) is 0 Å². The van der Waals surface area contributed by atoms with Crippen LogP contribution in [-0.4, -0.2) is 35.4 Å². The second-order valence-electron chi connectivity index (χ2n) is 2.54. The summed E-state index contributed by atoms with van der Waals surface area (Å²) in [4.78, 5) is 22.0. The fraction of sp³-hybridized carbons (Fsp3) is 0.833. The van der Waals surface area contributed by atoms with Gasteiger partial charge in [0.25, 0.3) is 0 Å². The third kappa shape index (κ3) is 2.18. The smallest absolute Gasteiger partial charge is 0.222 e. The lowest BCUT2D eigenvalue weighted by molar-refractivity contribution is -0.479. The summed E-state index contributed by atoms with van der Waals surface area (Å²) in [5.74, 6) is 0.0480. The molecule has 1 aliphatic heterocycles. The van der Waals surface area contributed by atoms with E-state index in [4.69, 9.17) is 0 Å². The fourth-order valence-electron chi connectivity index (χ4n) is 1.14. The van der Waals surface area contributed by atoms with Crippen molar-refractivity contribution in [3.8, 4) is 0 Å². The summed E-state index contributed by atoms with van der Waals surface area (Å²) in [6, 6.07) is 0. The number of amides is 1. The van der Waals surface area contributed by atoms with Gasteiger partial charge < -0.3 is 4.90 Å². The number of hydrogen-bond donors (Lipinski definition) is 0. The highest BCUT2D eigenvalue weighted by atomic mass is 16.6. The minimum absolute atomic E-state index is 0.0480. The van der Waals surface area contributed by atoms with E-state index in [2.05, 4.69) is 0 Å². The molecule has 5 heteroatoms. The van der Waals surface area contributed by atoms with Crippen LogP contribution in [-0.2, 0) is 4.79 Å². The third-order valence-corrected chi connectivity index (χ3v) is 1.72. The van der Waals surface area contributed by atoms with Gasteiger partial charge in [0.15, 0.2) is 0 Å². The predicted octanol–water partition coefficient (Wildman–Crippen LogP) is -0.114. The van der Waals surface area contributed by atoms with Crippen molar-refractivity contribution < 1.29 is 9.72 Å². The number of hydrogen-bond acceptors (Lipinski definition) is 3. The van der Waals surface area contributed by atoms with E-state index in [-0.39, 0.29) is 19.0 Å². The monoisotopic (exact) mass is 158 g/mol. The van der Waals surface area contributed by atoms with E-state index in [0.29, 0.717) is 13.0 Å². The molecular formula is C6H10N2O3. The van der Waals surface area contributed by atoms with Crippen molar-refractivity contribution in [2.45, 2.75) is 12.8 Å². The van der Waals surface area contributed by atoms with Crippen LogP contribution in [0.5, 0.6) is 0 Å². The molecule has 0 radical (unpaired) electrons. The quantitative estimate of drug-likeness (QED) is 0.425. The zero-order chi connectivity index (χ0) is 8.27. The molecule has 0 aromatic heterocycles. The number of likely N-dealkylation sites (tertiary alicyclic amines) is 1.